The molecular weight excluding hydrogens is 343 g/mol. The molecule has 2 rings (SSSR count). The number of halogens is 1. The zero-order valence-electron chi connectivity index (χ0n) is 14.0. The maximum Gasteiger partial charge on any atom is 0.261 e. The summed E-state index contributed by atoms with van der Waals surface area (Å²) in [5.74, 6) is -0.139. The molecule has 2 N–H and O–H groups in total. The van der Waals surface area contributed by atoms with Crippen LogP contribution < -0.4 is 15.4 Å². The summed E-state index contributed by atoms with van der Waals surface area (Å²) in [6.07, 6.45) is 1.51. The summed E-state index contributed by atoms with van der Waals surface area (Å²) in [5, 5.41) is 7.26. The Morgan fingerprint density at radius 2 is 1.96 bits per heavy atom. The van der Waals surface area contributed by atoms with Crippen molar-refractivity contribution in [2.24, 2.45) is 0 Å². The van der Waals surface area contributed by atoms with E-state index in [0.29, 0.717) is 23.8 Å². The summed E-state index contributed by atoms with van der Waals surface area (Å²) in [6.45, 7) is 2.65. The van der Waals surface area contributed by atoms with Gasteiger partial charge in [-0.2, -0.15) is 0 Å². The van der Waals surface area contributed by atoms with E-state index in [0.717, 1.165) is 12.8 Å². The molecule has 0 fully saturated rings. The predicted octanol–water partition coefficient (Wildman–Crippen LogP) is 2.98. The lowest BCUT2D eigenvalue weighted by Crippen LogP contribution is -2.44. The average molecular weight is 364 g/mol. The SMILES string of the molecule is CC(NC(=O)c1cccs1)C(=O)NCCCCOc1ccc(F)cc1. The highest BCUT2D eigenvalue weighted by molar-refractivity contribution is 7.12. The lowest BCUT2D eigenvalue weighted by atomic mass is 10.2. The molecular formula is C18H21FN2O3S. The number of carbonyl (C=O) groups excluding carboxylic acids is 2. The third-order valence-electron chi connectivity index (χ3n) is 3.44. The number of benzene rings is 1. The Morgan fingerprint density at radius 1 is 1.20 bits per heavy atom. The lowest BCUT2D eigenvalue weighted by Gasteiger charge is -2.13. The van der Waals surface area contributed by atoms with Crippen molar-refractivity contribution in [3.05, 3.63) is 52.5 Å². The van der Waals surface area contributed by atoms with Gasteiger partial charge in [0.05, 0.1) is 11.5 Å². The number of rotatable bonds is 9. The first-order valence-electron chi connectivity index (χ1n) is 8.06. The Labute approximate surface area is 150 Å². The predicted molar refractivity (Wildman–Crippen MR) is 95.4 cm³/mol. The van der Waals surface area contributed by atoms with Crippen molar-refractivity contribution in [2.45, 2.75) is 25.8 Å². The van der Waals surface area contributed by atoms with Crippen molar-refractivity contribution in [2.75, 3.05) is 13.2 Å². The molecule has 2 amide bonds. The van der Waals surface area contributed by atoms with Crippen LogP contribution >= 0.6 is 11.3 Å². The first-order chi connectivity index (χ1) is 12.1. The van der Waals surface area contributed by atoms with Crippen LogP contribution in [0.2, 0.25) is 0 Å². The maximum absolute atomic E-state index is 12.8. The number of carbonyl (C=O) groups is 2. The Balaban J connectivity index is 1.57. The molecule has 1 heterocycles. The second-order valence-electron chi connectivity index (χ2n) is 5.47. The summed E-state index contributed by atoms with van der Waals surface area (Å²) in [6, 6.07) is 8.77. The van der Waals surface area contributed by atoms with Crippen molar-refractivity contribution >= 4 is 23.2 Å². The number of thiophene rings is 1. The molecule has 0 aliphatic rings. The lowest BCUT2D eigenvalue weighted by molar-refractivity contribution is -0.122. The summed E-state index contributed by atoms with van der Waals surface area (Å²) in [5.41, 5.74) is 0. The van der Waals surface area contributed by atoms with Gasteiger partial charge in [0.15, 0.2) is 0 Å². The van der Waals surface area contributed by atoms with Crippen LogP contribution in [0.4, 0.5) is 4.39 Å². The molecule has 0 bridgehead atoms. The van der Waals surface area contributed by atoms with Crippen LogP contribution in [0, 0.1) is 5.82 Å². The normalized spacial score (nSPS) is 11.6. The van der Waals surface area contributed by atoms with Crippen LogP contribution in [0.5, 0.6) is 5.75 Å². The van der Waals surface area contributed by atoms with Gasteiger partial charge in [0.1, 0.15) is 17.6 Å². The fourth-order valence-corrected chi connectivity index (χ4v) is 2.68. The Kier molecular flexibility index (Phi) is 7.40. The highest BCUT2D eigenvalue weighted by Gasteiger charge is 2.16. The molecule has 2 aromatic rings. The van der Waals surface area contributed by atoms with Gasteiger partial charge in [-0.25, -0.2) is 4.39 Å². The van der Waals surface area contributed by atoms with E-state index in [2.05, 4.69) is 10.6 Å². The second kappa shape index (κ2) is 9.78. The van der Waals surface area contributed by atoms with Crippen LogP contribution in [0.15, 0.2) is 41.8 Å². The van der Waals surface area contributed by atoms with Gasteiger partial charge in [0.2, 0.25) is 5.91 Å². The van der Waals surface area contributed by atoms with E-state index in [9.17, 15) is 14.0 Å². The van der Waals surface area contributed by atoms with Crippen molar-refractivity contribution in [3.63, 3.8) is 0 Å². The zero-order valence-corrected chi connectivity index (χ0v) is 14.8. The van der Waals surface area contributed by atoms with Crippen molar-refractivity contribution in [3.8, 4) is 5.75 Å². The number of ether oxygens (including phenoxy) is 1. The van der Waals surface area contributed by atoms with Gasteiger partial charge in [0.25, 0.3) is 5.91 Å². The molecule has 0 spiro atoms. The van der Waals surface area contributed by atoms with E-state index in [4.69, 9.17) is 4.74 Å². The molecule has 1 atom stereocenters. The van der Waals surface area contributed by atoms with Crippen LogP contribution in [-0.2, 0) is 4.79 Å². The smallest absolute Gasteiger partial charge is 0.261 e. The number of unbranched alkanes of at least 4 members (excludes halogenated alkanes) is 1. The average Bonchev–Trinajstić information content (AvgIpc) is 3.14. The minimum atomic E-state index is -0.593. The Morgan fingerprint density at radius 3 is 2.64 bits per heavy atom. The monoisotopic (exact) mass is 364 g/mol. The van der Waals surface area contributed by atoms with Crippen LogP contribution in [0.3, 0.4) is 0 Å². The van der Waals surface area contributed by atoms with E-state index < -0.39 is 6.04 Å². The van der Waals surface area contributed by atoms with Gasteiger partial charge in [-0.3, -0.25) is 9.59 Å². The first-order valence-corrected chi connectivity index (χ1v) is 8.94. The quantitative estimate of drug-likeness (QED) is 0.672. The molecule has 0 aliphatic heterocycles. The van der Waals surface area contributed by atoms with Gasteiger partial charge in [0, 0.05) is 6.54 Å². The molecule has 0 radical (unpaired) electrons. The highest BCUT2D eigenvalue weighted by Crippen LogP contribution is 2.11. The topological polar surface area (TPSA) is 67.4 Å². The standard InChI is InChI=1S/C18H21FN2O3S/c1-13(21-18(23)16-5-4-12-25-16)17(22)20-10-2-3-11-24-15-8-6-14(19)7-9-15/h4-9,12-13H,2-3,10-11H2,1H3,(H,20,22)(H,21,23). The van der Waals surface area contributed by atoms with E-state index in [1.54, 1.807) is 31.2 Å². The minimum absolute atomic E-state index is 0.218. The fraction of sp³-hybridized carbons (Fsp3) is 0.333. The summed E-state index contributed by atoms with van der Waals surface area (Å²) < 4.78 is 18.2. The number of hydrogen-bond donors (Lipinski definition) is 2. The molecule has 134 valence electrons. The highest BCUT2D eigenvalue weighted by atomic mass is 32.1. The van der Waals surface area contributed by atoms with E-state index in [-0.39, 0.29) is 17.6 Å². The number of nitrogens with one attached hydrogen (secondary N) is 2. The van der Waals surface area contributed by atoms with Crippen molar-refractivity contribution < 1.29 is 18.7 Å². The molecule has 0 saturated carbocycles. The van der Waals surface area contributed by atoms with Gasteiger partial charge in [-0.15, -0.1) is 11.3 Å². The molecule has 25 heavy (non-hydrogen) atoms. The Hall–Kier alpha value is -2.41. The van der Waals surface area contributed by atoms with Gasteiger partial charge in [-0.1, -0.05) is 6.07 Å². The third kappa shape index (κ3) is 6.54. The molecule has 1 aromatic carbocycles. The molecule has 0 saturated heterocycles. The summed E-state index contributed by atoms with van der Waals surface area (Å²) in [4.78, 5) is 24.4. The summed E-state index contributed by atoms with van der Waals surface area (Å²) in [7, 11) is 0. The van der Waals surface area contributed by atoms with Crippen LogP contribution in [0.25, 0.3) is 0 Å². The largest absolute Gasteiger partial charge is 0.494 e. The molecule has 1 unspecified atom stereocenters. The van der Waals surface area contributed by atoms with Crippen LogP contribution in [-0.4, -0.2) is 31.0 Å². The molecule has 0 aliphatic carbocycles. The van der Waals surface area contributed by atoms with Gasteiger partial charge < -0.3 is 15.4 Å². The molecule has 1 aromatic heterocycles. The number of hydrogen-bond acceptors (Lipinski definition) is 4. The van der Waals surface area contributed by atoms with Gasteiger partial charge in [-0.05, 0) is 55.5 Å². The maximum atomic E-state index is 12.8. The van der Waals surface area contributed by atoms with E-state index in [1.165, 1.54) is 23.5 Å². The number of amides is 2. The molecule has 7 heteroatoms. The minimum Gasteiger partial charge on any atom is -0.494 e. The zero-order chi connectivity index (χ0) is 18.1. The van der Waals surface area contributed by atoms with Crippen molar-refractivity contribution in [1.29, 1.82) is 0 Å². The van der Waals surface area contributed by atoms with E-state index >= 15 is 0 Å². The fourth-order valence-electron chi connectivity index (χ4n) is 2.05. The summed E-state index contributed by atoms with van der Waals surface area (Å²) >= 11 is 1.33. The van der Waals surface area contributed by atoms with E-state index in [1.807, 2.05) is 5.38 Å². The first kappa shape index (κ1) is 18.9. The van der Waals surface area contributed by atoms with Crippen LogP contribution in [0.1, 0.15) is 29.4 Å². The molecule has 5 nitrogen and oxygen atoms in total. The van der Waals surface area contributed by atoms with Crippen molar-refractivity contribution in [1.82, 2.24) is 10.6 Å². The Bertz CT molecular complexity index is 674. The van der Waals surface area contributed by atoms with Gasteiger partial charge >= 0.3 is 0 Å². The second-order valence-corrected chi connectivity index (χ2v) is 6.42. The third-order valence-corrected chi connectivity index (χ3v) is 4.31.